The number of carbonyl (C=O) groups is 1. The molecule has 0 spiro atoms. The number of methoxy groups -OCH3 is 1. The number of ether oxygens (including phenoxy) is 1. The minimum Gasteiger partial charge on any atom is -0.497 e. The summed E-state index contributed by atoms with van der Waals surface area (Å²) in [4.78, 5) is 19.7. The second-order valence-corrected chi connectivity index (χ2v) is 8.67. The highest BCUT2D eigenvalue weighted by Crippen LogP contribution is 2.29. The van der Waals surface area contributed by atoms with Crippen molar-refractivity contribution in [1.29, 1.82) is 0 Å². The number of nitrogens with one attached hydrogen (secondary N) is 2. The molecular weight excluding hydrogens is 416 g/mol. The molecule has 3 heterocycles. The summed E-state index contributed by atoms with van der Waals surface area (Å²) in [6.07, 6.45) is 3.80. The zero-order valence-corrected chi connectivity index (χ0v) is 19.8. The number of rotatable bonds is 7. The van der Waals surface area contributed by atoms with E-state index in [4.69, 9.17) is 9.72 Å². The summed E-state index contributed by atoms with van der Waals surface area (Å²) in [7, 11) is 3.53. The van der Waals surface area contributed by atoms with Crippen LogP contribution in [0.2, 0.25) is 0 Å². The Bertz CT molecular complexity index is 1130. The second-order valence-electron chi connectivity index (χ2n) is 8.67. The molecule has 1 atom stereocenters. The van der Waals surface area contributed by atoms with Gasteiger partial charge in [-0.25, -0.2) is 0 Å². The maximum Gasteiger partial charge on any atom is 0.238 e. The van der Waals surface area contributed by atoms with Crippen LogP contribution in [0.1, 0.15) is 35.8 Å². The number of hydrogen-bond donors (Lipinski definition) is 2. The first kappa shape index (κ1) is 22.8. The van der Waals surface area contributed by atoms with E-state index < -0.39 is 0 Å². The number of hydrogen-bond acceptors (Lipinski definition) is 6. The highest BCUT2D eigenvalue weighted by atomic mass is 16.5. The fourth-order valence-corrected chi connectivity index (χ4v) is 4.30. The first-order valence-corrected chi connectivity index (χ1v) is 11.3. The summed E-state index contributed by atoms with van der Waals surface area (Å²) in [6, 6.07) is 12.1. The van der Waals surface area contributed by atoms with Gasteiger partial charge in [0.25, 0.3) is 0 Å². The molecule has 1 aromatic carbocycles. The highest BCUT2D eigenvalue weighted by Gasteiger charge is 2.24. The minimum absolute atomic E-state index is 0.00988. The molecule has 0 radical (unpaired) electrons. The summed E-state index contributed by atoms with van der Waals surface area (Å²) >= 11 is 0. The van der Waals surface area contributed by atoms with Crippen LogP contribution in [0.5, 0.6) is 5.75 Å². The molecule has 1 saturated heterocycles. The molecule has 4 rings (SSSR count). The number of benzene rings is 1. The number of nitrogens with zero attached hydrogens (tertiary/aromatic N) is 4. The number of aryl methyl sites for hydroxylation is 2. The predicted molar refractivity (Wildman–Crippen MR) is 130 cm³/mol. The van der Waals surface area contributed by atoms with E-state index in [1.54, 1.807) is 18.0 Å². The van der Waals surface area contributed by atoms with Gasteiger partial charge in [-0.15, -0.1) is 0 Å². The number of likely N-dealkylation sites (tertiary alicyclic amines) is 1. The van der Waals surface area contributed by atoms with Gasteiger partial charge in [-0.05, 0) is 57.5 Å². The molecule has 1 fully saturated rings. The van der Waals surface area contributed by atoms with Crippen LogP contribution in [-0.4, -0.2) is 52.3 Å². The molecule has 8 heteroatoms. The third-order valence-electron chi connectivity index (χ3n) is 6.13. The van der Waals surface area contributed by atoms with Crippen LogP contribution in [0.25, 0.3) is 0 Å². The van der Waals surface area contributed by atoms with Crippen LogP contribution in [0.15, 0.2) is 42.6 Å². The van der Waals surface area contributed by atoms with Crippen molar-refractivity contribution in [2.75, 3.05) is 37.4 Å². The van der Waals surface area contributed by atoms with Crippen LogP contribution < -0.4 is 15.4 Å². The zero-order chi connectivity index (χ0) is 23.4. The van der Waals surface area contributed by atoms with Crippen LogP contribution in [0, 0.1) is 13.8 Å². The fourth-order valence-electron chi connectivity index (χ4n) is 4.30. The summed E-state index contributed by atoms with van der Waals surface area (Å²) < 4.78 is 7.09. The van der Waals surface area contributed by atoms with Crippen molar-refractivity contribution >= 4 is 23.0 Å². The normalized spacial score (nSPS) is 16.4. The molecule has 2 N–H and O–H groups in total. The van der Waals surface area contributed by atoms with E-state index in [9.17, 15) is 4.79 Å². The highest BCUT2D eigenvalue weighted by molar-refractivity contribution is 5.92. The third kappa shape index (κ3) is 5.70. The van der Waals surface area contributed by atoms with E-state index in [0.717, 1.165) is 65.8 Å². The van der Waals surface area contributed by atoms with Crippen molar-refractivity contribution in [3.63, 3.8) is 0 Å². The number of aromatic nitrogens is 3. The van der Waals surface area contributed by atoms with Gasteiger partial charge < -0.3 is 15.4 Å². The topological polar surface area (TPSA) is 84.3 Å². The van der Waals surface area contributed by atoms with Gasteiger partial charge in [0.2, 0.25) is 5.91 Å². The molecule has 0 saturated carbocycles. The van der Waals surface area contributed by atoms with Crippen LogP contribution in [0.3, 0.4) is 0 Å². The molecule has 2 aromatic heterocycles. The van der Waals surface area contributed by atoms with Crippen molar-refractivity contribution in [2.24, 2.45) is 7.05 Å². The van der Waals surface area contributed by atoms with E-state index in [-0.39, 0.29) is 11.8 Å². The molecule has 33 heavy (non-hydrogen) atoms. The average molecular weight is 449 g/mol. The van der Waals surface area contributed by atoms with E-state index in [1.165, 1.54) is 0 Å². The van der Waals surface area contributed by atoms with Gasteiger partial charge in [-0.1, -0.05) is 6.07 Å². The van der Waals surface area contributed by atoms with Crippen molar-refractivity contribution < 1.29 is 9.53 Å². The summed E-state index contributed by atoms with van der Waals surface area (Å²) in [6.45, 7) is 6.06. The molecule has 1 aliphatic heterocycles. The fraction of sp³-hybridized carbons (Fsp3) is 0.400. The van der Waals surface area contributed by atoms with Crippen molar-refractivity contribution in [3.05, 3.63) is 59.7 Å². The van der Waals surface area contributed by atoms with Crippen molar-refractivity contribution in [3.8, 4) is 5.75 Å². The van der Waals surface area contributed by atoms with Gasteiger partial charge in [-0.3, -0.25) is 19.4 Å². The monoisotopic (exact) mass is 448 g/mol. The average Bonchev–Trinajstić information content (AvgIpc) is 3.11. The Balaban J connectivity index is 1.42. The van der Waals surface area contributed by atoms with Gasteiger partial charge in [0.1, 0.15) is 5.75 Å². The molecule has 8 nitrogen and oxygen atoms in total. The molecular formula is C25H32N6O2. The molecule has 3 aromatic rings. The van der Waals surface area contributed by atoms with Crippen molar-refractivity contribution in [2.45, 2.75) is 32.6 Å². The Morgan fingerprint density at radius 3 is 2.82 bits per heavy atom. The van der Waals surface area contributed by atoms with Gasteiger partial charge >= 0.3 is 0 Å². The van der Waals surface area contributed by atoms with Gasteiger partial charge in [0, 0.05) is 48.3 Å². The molecule has 1 aliphatic rings. The van der Waals surface area contributed by atoms with Gasteiger partial charge in [0.05, 0.1) is 31.2 Å². The quantitative estimate of drug-likeness (QED) is 0.568. The number of amides is 1. The number of anilines is 3. The minimum atomic E-state index is -0.00988. The first-order chi connectivity index (χ1) is 15.9. The Morgan fingerprint density at radius 2 is 2.06 bits per heavy atom. The predicted octanol–water partition coefficient (Wildman–Crippen LogP) is 4.00. The molecule has 0 aliphatic carbocycles. The largest absolute Gasteiger partial charge is 0.497 e. The number of carbonyl (C=O) groups excluding carboxylic acids is 1. The summed E-state index contributed by atoms with van der Waals surface area (Å²) in [5.41, 5.74) is 5.73. The summed E-state index contributed by atoms with van der Waals surface area (Å²) in [5, 5.41) is 10.7. The van der Waals surface area contributed by atoms with Gasteiger partial charge in [-0.2, -0.15) is 5.10 Å². The van der Waals surface area contributed by atoms with Crippen LogP contribution in [-0.2, 0) is 11.8 Å². The number of pyridine rings is 1. The third-order valence-corrected chi connectivity index (χ3v) is 6.13. The smallest absolute Gasteiger partial charge is 0.238 e. The summed E-state index contributed by atoms with van der Waals surface area (Å²) in [5.74, 6) is 1.09. The van der Waals surface area contributed by atoms with Crippen LogP contribution in [0.4, 0.5) is 17.1 Å². The van der Waals surface area contributed by atoms with E-state index in [1.807, 2.05) is 51.2 Å². The molecule has 0 bridgehead atoms. The Morgan fingerprint density at radius 1 is 1.21 bits per heavy atom. The molecule has 0 unspecified atom stereocenters. The molecule has 174 valence electrons. The molecule has 1 amide bonds. The standard InChI is InChI=1S/C25H32N6O2/c1-17-11-21(28-20-8-5-9-22(12-20)33-4)13-23(27-17)19-7-6-10-31(15-19)16-25(32)29-24-14-26-30(3)18(24)2/h5,8-9,11-14,19H,6-7,10,15-16H2,1-4H3,(H,27,28)(H,29,32)/t19-/m1/s1. The Kier molecular flexibility index (Phi) is 6.93. The Hall–Kier alpha value is -3.39. The van der Waals surface area contributed by atoms with Gasteiger partial charge in [0.15, 0.2) is 0 Å². The lowest BCUT2D eigenvalue weighted by Crippen LogP contribution is -2.40. The number of piperidine rings is 1. The van der Waals surface area contributed by atoms with E-state index >= 15 is 0 Å². The SMILES string of the molecule is COc1cccc(Nc2cc(C)nc([C@@H]3CCCN(CC(=O)Nc4cnn(C)c4C)C3)c2)c1. The second kappa shape index (κ2) is 10.0. The lowest BCUT2D eigenvalue weighted by atomic mass is 9.93. The Labute approximate surface area is 195 Å². The lowest BCUT2D eigenvalue weighted by Gasteiger charge is -2.32. The van der Waals surface area contributed by atoms with E-state index in [0.29, 0.717) is 6.54 Å². The van der Waals surface area contributed by atoms with Crippen LogP contribution >= 0.6 is 0 Å². The first-order valence-electron chi connectivity index (χ1n) is 11.3. The zero-order valence-electron chi connectivity index (χ0n) is 19.8. The van der Waals surface area contributed by atoms with Crippen molar-refractivity contribution in [1.82, 2.24) is 19.7 Å². The van der Waals surface area contributed by atoms with E-state index in [2.05, 4.69) is 26.7 Å². The maximum atomic E-state index is 12.6. The maximum absolute atomic E-state index is 12.6. The lowest BCUT2D eigenvalue weighted by molar-refractivity contribution is -0.117.